The van der Waals surface area contributed by atoms with E-state index in [-0.39, 0.29) is 17.2 Å². The average Bonchev–Trinajstić information content (AvgIpc) is 2.77. The molecule has 112 valence electrons. The number of fused-ring (bicyclic) bond motifs is 1. The quantitative estimate of drug-likeness (QED) is 0.644. The van der Waals surface area contributed by atoms with Crippen molar-refractivity contribution in [3.8, 4) is 11.5 Å². The number of ketones is 1. The van der Waals surface area contributed by atoms with E-state index in [0.29, 0.717) is 32.4 Å². The first kappa shape index (κ1) is 14.4. The average molecular weight is 318 g/mol. The highest BCUT2D eigenvalue weighted by Gasteiger charge is 2.37. The highest BCUT2D eigenvalue weighted by atomic mass is 35.5. The van der Waals surface area contributed by atoms with Gasteiger partial charge in [-0.15, -0.1) is 0 Å². The van der Waals surface area contributed by atoms with E-state index in [1.54, 1.807) is 24.3 Å². The van der Waals surface area contributed by atoms with E-state index in [1.807, 2.05) is 0 Å². The third kappa shape index (κ3) is 2.19. The number of carbonyl (C=O) groups excluding carboxylic acids is 1. The molecule has 1 heterocycles. The standard InChI is InChI=1S/C16H12ClNO4/c1-21-11-5-9(6-12(8-11)22-2)15-16(19)13-7-10(17)3-4-14(13)18(15)20/h3-8H,1-2H3. The lowest BCUT2D eigenvalue weighted by atomic mass is 10.0. The van der Waals surface area contributed by atoms with E-state index in [2.05, 4.69) is 0 Å². The molecular formula is C16H12ClNO4. The van der Waals surface area contributed by atoms with Crippen molar-refractivity contribution in [2.45, 2.75) is 0 Å². The SMILES string of the molecule is COc1cc(OC)cc(C2=[N+]([O-])c3ccc(Cl)cc3C2=O)c1. The fourth-order valence-corrected chi connectivity index (χ4v) is 2.57. The predicted molar refractivity (Wildman–Crippen MR) is 82.7 cm³/mol. The minimum atomic E-state index is -0.372. The van der Waals surface area contributed by atoms with Crippen LogP contribution < -0.4 is 9.47 Å². The summed E-state index contributed by atoms with van der Waals surface area (Å²) >= 11 is 5.90. The van der Waals surface area contributed by atoms with Crippen molar-refractivity contribution in [2.24, 2.45) is 0 Å². The molecule has 5 nitrogen and oxygen atoms in total. The van der Waals surface area contributed by atoms with Crippen molar-refractivity contribution in [1.82, 2.24) is 0 Å². The number of rotatable bonds is 3. The van der Waals surface area contributed by atoms with Crippen LogP contribution in [0.1, 0.15) is 15.9 Å². The number of hydrogen-bond acceptors (Lipinski definition) is 4. The van der Waals surface area contributed by atoms with E-state index in [9.17, 15) is 10.0 Å². The largest absolute Gasteiger partial charge is 0.618 e. The first-order chi connectivity index (χ1) is 10.5. The zero-order valence-corrected chi connectivity index (χ0v) is 12.7. The molecule has 0 saturated carbocycles. The van der Waals surface area contributed by atoms with Gasteiger partial charge >= 0.3 is 0 Å². The Labute approximate surface area is 131 Å². The lowest BCUT2D eigenvalue weighted by Crippen LogP contribution is -2.16. The summed E-state index contributed by atoms with van der Waals surface area (Å²) in [6.07, 6.45) is 0. The van der Waals surface area contributed by atoms with Crippen molar-refractivity contribution < 1.29 is 19.0 Å². The van der Waals surface area contributed by atoms with Gasteiger partial charge in [-0.1, -0.05) is 11.6 Å². The molecule has 0 N–H and O–H groups in total. The Balaban J connectivity index is 2.18. The smallest absolute Gasteiger partial charge is 0.273 e. The van der Waals surface area contributed by atoms with Crippen molar-refractivity contribution in [3.63, 3.8) is 0 Å². The molecule has 0 spiro atoms. The molecule has 0 radical (unpaired) electrons. The fraction of sp³-hybridized carbons (Fsp3) is 0.125. The molecule has 22 heavy (non-hydrogen) atoms. The van der Waals surface area contributed by atoms with E-state index in [0.717, 1.165) is 0 Å². The summed E-state index contributed by atoms with van der Waals surface area (Å²) in [6.45, 7) is 0. The Bertz CT molecular complexity index is 792. The number of halogens is 1. The molecule has 0 unspecified atom stereocenters. The van der Waals surface area contributed by atoms with Crippen molar-refractivity contribution in [1.29, 1.82) is 0 Å². The van der Waals surface area contributed by atoms with E-state index in [1.165, 1.54) is 26.4 Å². The maximum Gasteiger partial charge on any atom is 0.273 e. The summed E-state index contributed by atoms with van der Waals surface area (Å²) in [4.78, 5) is 12.5. The van der Waals surface area contributed by atoms with Crippen LogP contribution in [-0.4, -0.2) is 30.5 Å². The molecule has 0 bridgehead atoms. The summed E-state index contributed by atoms with van der Waals surface area (Å²) < 4.78 is 11.0. The normalized spacial score (nSPS) is 13.3. The number of ether oxygens (including phenoxy) is 2. The minimum Gasteiger partial charge on any atom is -0.618 e. The second-order valence-electron chi connectivity index (χ2n) is 4.73. The van der Waals surface area contributed by atoms with Crippen molar-refractivity contribution in [2.75, 3.05) is 14.2 Å². The fourth-order valence-electron chi connectivity index (χ4n) is 2.40. The monoisotopic (exact) mass is 317 g/mol. The number of methoxy groups -OCH3 is 2. The molecule has 0 aromatic heterocycles. The number of Topliss-reactive ketones (excluding diaryl/α,β-unsaturated/α-hetero) is 1. The number of carbonyl (C=O) groups is 1. The Morgan fingerprint density at radius 2 is 1.68 bits per heavy atom. The van der Waals surface area contributed by atoms with Crippen LogP contribution in [0.2, 0.25) is 5.02 Å². The molecule has 0 fully saturated rings. The first-order valence-corrected chi connectivity index (χ1v) is 6.85. The van der Waals surface area contributed by atoms with Gasteiger partial charge in [-0.05, 0) is 24.3 Å². The number of benzene rings is 2. The van der Waals surface area contributed by atoms with Gasteiger partial charge in [0.05, 0.1) is 19.8 Å². The van der Waals surface area contributed by atoms with E-state index in [4.69, 9.17) is 21.1 Å². The molecule has 1 aliphatic rings. The second-order valence-corrected chi connectivity index (χ2v) is 5.17. The molecule has 2 aromatic rings. The summed E-state index contributed by atoms with van der Waals surface area (Å²) in [6, 6.07) is 9.51. The van der Waals surface area contributed by atoms with E-state index < -0.39 is 0 Å². The Hall–Kier alpha value is -2.53. The highest BCUT2D eigenvalue weighted by Crippen LogP contribution is 2.32. The second kappa shape index (κ2) is 5.35. The predicted octanol–water partition coefficient (Wildman–Crippen LogP) is 3.18. The summed E-state index contributed by atoms with van der Waals surface area (Å²) in [5.74, 6) is 0.622. The Morgan fingerprint density at radius 1 is 1.05 bits per heavy atom. The van der Waals surface area contributed by atoms with E-state index >= 15 is 0 Å². The maximum absolute atomic E-state index is 12.5. The summed E-state index contributed by atoms with van der Waals surface area (Å²) in [5.41, 5.74) is 1.03. The van der Waals surface area contributed by atoms with Gasteiger partial charge in [-0.25, -0.2) is 0 Å². The van der Waals surface area contributed by atoms with Crippen LogP contribution in [0.5, 0.6) is 11.5 Å². The van der Waals surface area contributed by atoms with Crippen LogP contribution >= 0.6 is 11.6 Å². The maximum atomic E-state index is 12.5. The van der Waals surface area contributed by atoms with Crippen molar-refractivity contribution >= 4 is 28.8 Å². The third-order valence-corrected chi connectivity index (χ3v) is 3.70. The van der Waals surface area contributed by atoms with Gasteiger partial charge in [0.1, 0.15) is 17.1 Å². The topological polar surface area (TPSA) is 61.6 Å². The first-order valence-electron chi connectivity index (χ1n) is 6.47. The Kier molecular flexibility index (Phi) is 3.50. The third-order valence-electron chi connectivity index (χ3n) is 3.47. The zero-order valence-electron chi connectivity index (χ0n) is 11.9. The van der Waals surface area contributed by atoms with Crippen LogP contribution in [0, 0.1) is 5.21 Å². The lowest BCUT2D eigenvalue weighted by molar-refractivity contribution is -0.355. The minimum absolute atomic E-state index is 0.0227. The summed E-state index contributed by atoms with van der Waals surface area (Å²) in [5, 5.41) is 12.9. The molecule has 0 saturated heterocycles. The molecule has 6 heteroatoms. The zero-order chi connectivity index (χ0) is 15.9. The van der Waals surface area contributed by atoms with Gasteiger partial charge in [-0.3, -0.25) is 4.79 Å². The van der Waals surface area contributed by atoms with Crippen LogP contribution in [0.15, 0.2) is 36.4 Å². The van der Waals surface area contributed by atoms with Gasteiger partial charge < -0.3 is 14.7 Å². The number of hydrogen-bond donors (Lipinski definition) is 0. The highest BCUT2D eigenvalue weighted by molar-refractivity contribution is 6.52. The van der Waals surface area contributed by atoms with Crippen molar-refractivity contribution in [3.05, 3.63) is 57.8 Å². The molecule has 2 aromatic carbocycles. The van der Waals surface area contributed by atoms with Gasteiger partial charge in [-0.2, -0.15) is 4.74 Å². The number of nitrogens with zero attached hydrogens (tertiary/aromatic N) is 1. The molecule has 1 aliphatic heterocycles. The van der Waals surface area contributed by atoms with Gasteiger partial charge in [0.15, 0.2) is 0 Å². The molecule has 3 rings (SSSR count). The molecule has 0 amide bonds. The molecular weight excluding hydrogens is 306 g/mol. The lowest BCUT2D eigenvalue weighted by Gasteiger charge is -2.07. The van der Waals surface area contributed by atoms with Gasteiger partial charge in [0, 0.05) is 17.2 Å². The van der Waals surface area contributed by atoms with Crippen LogP contribution in [0.3, 0.4) is 0 Å². The van der Waals surface area contributed by atoms with Crippen LogP contribution in [0.4, 0.5) is 5.69 Å². The van der Waals surface area contributed by atoms with Gasteiger partial charge in [0.25, 0.3) is 11.5 Å². The molecule has 0 aliphatic carbocycles. The summed E-state index contributed by atoms with van der Waals surface area (Å²) in [7, 11) is 3.01. The van der Waals surface area contributed by atoms with Gasteiger partial charge in [0.2, 0.25) is 5.69 Å². The van der Waals surface area contributed by atoms with Crippen LogP contribution in [-0.2, 0) is 0 Å². The van der Waals surface area contributed by atoms with Crippen LogP contribution in [0.25, 0.3) is 0 Å². The molecule has 0 atom stereocenters. The Morgan fingerprint density at radius 3 is 2.27 bits per heavy atom.